The Labute approximate surface area is 144 Å². The molecule has 25 heavy (non-hydrogen) atoms. The van der Waals surface area contributed by atoms with E-state index in [0.29, 0.717) is 29.6 Å². The summed E-state index contributed by atoms with van der Waals surface area (Å²) in [6, 6.07) is 9.60. The molecule has 3 aromatic rings. The number of aryl methyl sites for hydroxylation is 2. The molecule has 0 amide bonds. The Hall–Kier alpha value is -3.29. The molecule has 0 unspecified atom stereocenters. The molecule has 1 N–H and O–H groups in total. The van der Waals surface area contributed by atoms with Gasteiger partial charge in [0, 0.05) is 18.9 Å². The van der Waals surface area contributed by atoms with Gasteiger partial charge in [-0.1, -0.05) is 25.1 Å². The third-order valence-corrected chi connectivity index (χ3v) is 3.85. The molecule has 2 heterocycles. The van der Waals surface area contributed by atoms with Gasteiger partial charge < -0.3 is 9.88 Å². The SMILES string of the molecule is CCc1nc(N(C)c2ccccc2)nc(-c2c[nH]c(C)n2)c1[N+](=O)[O-]. The highest BCUT2D eigenvalue weighted by Gasteiger charge is 2.27. The average Bonchev–Trinajstić information content (AvgIpc) is 3.06. The van der Waals surface area contributed by atoms with Crippen LogP contribution in [0.1, 0.15) is 18.4 Å². The van der Waals surface area contributed by atoms with Crippen LogP contribution in [0.15, 0.2) is 36.5 Å². The summed E-state index contributed by atoms with van der Waals surface area (Å²) >= 11 is 0. The van der Waals surface area contributed by atoms with E-state index in [-0.39, 0.29) is 11.4 Å². The Morgan fingerprint density at radius 1 is 1.20 bits per heavy atom. The second kappa shape index (κ2) is 6.68. The number of benzene rings is 1. The molecule has 0 spiro atoms. The molecular formula is C17H18N6O2. The van der Waals surface area contributed by atoms with Crippen LogP contribution in [-0.2, 0) is 6.42 Å². The lowest BCUT2D eigenvalue weighted by Gasteiger charge is -2.18. The smallest absolute Gasteiger partial charge is 0.318 e. The first-order valence-corrected chi connectivity index (χ1v) is 7.87. The normalized spacial score (nSPS) is 10.7. The monoisotopic (exact) mass is 338 g/mol. The van der Waals surface area contributed by atoms with Crippen LogP contribution in [0.3, 0.4) is 0 Å². The zero-order chi connectivity index (χ0) is 18.0. The average molecular weight is 338 g/mol. The van der Waals surface area contributed by atoms with E-state index in [0.717, 1.165) is 5.69 Å². The summed E-state index contributed by atoms with van der Waals surface area (Å²) in [4.78, 5) is 29.1. The number of nitro groups is 1. The van der Waals surface area contributed by atoms with E-state index < -0.39 is 4.92 Å². The van der Waals surface area contributed by atoms with E-state index >= 15 is 0 Å². The van der Waals surface area contributed by atoms with Crippen LogP contribution < -0.4 is 4.90 Å². The number of anilines is 2. The molecule has 0 aliphatic carbocycles. The van der Waals surface area contributed by atoms with Crippen LogP contribution in [0.4, 0.5) is 17.3 Å². The maximum absolute atomic E-state index is 11.6. The molecule has 8 nitrogen and oxygen atoms in total. The molecule has 8 heteroatoms. The second-order valence-electron chi connectivity index (χ2n) is 5.54. The first kappa shape index (κ1) is 16.6. The molecule has 0 aliphatic heterocycles. The minimum Gasteiger partial charge on any atom is -0.348 e. The van der Waals surface area contributed by atoms with Gasteiger partial charge in [-0.15, -0.1) is 0 Å². The van der Waals surface area contributed by atoms with Crippen molar-refractivity contribution in [2.45, 2.75) is 20.3 Å². The molecule has 2 aromatic heterocycles. The largest absolute Gasteiger partial charge is 0.348 e. The van der Waals surface area contributed by atoms with Crippen molar-refractivity contribution in [2.75, 3.05) is 11.9 Å². The molecule has 0 bridgehead atoms. The Balaban J connectivity index is 2.20. The van der Waals surface area contributed by atoms with Crippen LogP contribution in [0.25, 0.3) is 11.4 Å². The molecular weight excluding hydrogens is 320 g/mol. The highest BCUT2D eigenvalue weighted by atomic mass is 16.6. The fourth-order valence-corrected chi connectivity index (χ4v) is 2.56. The molecule has 128 valence electrons. The first-order chi connectivity index (χ1) is 12.0. The van der Waals surface area contributed by atoms with Gasteiger partial charge in [0.25, 0.3) is 0 Å². The number of rotatable bonds is 5. The van der Waals surface area contributed by atoms with Gasteiger partial charge in [0.15, 0.2) is 5.69 Å². The van der Waals surface area contributed by atoms with Crippen LogP contribution >= 0.6 is 0 Å². The molecule has 0 aliphatic rings. The fraction of sp³-hybridized carbons (Fsp3) is 0.235. The minimum absolute atomic E-state index is 0.0980. The number of nitrogens with zero attached hydrogens (tertiary/aromatic N) is 5. The lowest BCUT2D eigenvalue weighted by Crippen LogP contribution is -2.16. The third kappa shape index (κ3) is 3.18. The lowest BCUT2D eigenvalue weighted by atomic mass is 10.2. The van der Waals surface area contributed by atoms with Gasteiger partial charge in [-0.2, -0.15) is 0 Å². The van der Waals surface area contributed by atoms with Crippen molar-refractivity contribution in [1.29, 1.82) is 0 Å². The maximum atomic E-state index is 11.6. The van der Waals surface area contributed by atoms with E-state index in [4.69, 9.17) is 0 Å². The molecule has 0 saturated heterocycles. The zero-order valence-corrected chi connectivity index (χ0v) is 14.2. The number of nitrogens with one attached hydrogen (secondary N) is 1. The minimum atomic E-state index is -0.440. The predicted molar refractivity (Wildman–Crippen MR) is 94.9 cm³/mol. The number of aromatic amines is 1. The van der Waals surface area contributed by atoms with Crippen LogP contribution in [0.5, 0.6) is 0 Å². The van der Waals surface area contributed by atoms with E-state index in [9.17, 15) is 10.1 Å². The Morgan fingerprint density at radius 2 is 1.92 bits per heavy atom. The third-order valence-electron chi connectivity index (χ3n) is 3.85. The molecule has 0 saturated carbocycles. The number of para-hydroxylation sites is 1. The van der Waals surface area contributed by atoms with E-state index in [1.165, 1.54) is 0 Å². The Bertz CT molecular complexity index is 907. The van der Waals surface area contributed by atoms with E-state index in [1.54, 1.807) is 18.0 Å². The summed E-state index contributed by atoms with van der Waals surface area (Å²) in [5.41, 5.74) is 1.83. The van der Waals surface area contributed by atoms with Crippen LogP contribution in [0, 0.1) is 17.0 Å². The summed E-state index contributed by atoms with van der Waals surface area (Å²) in [5, 5.41) is 11.6. The topological polar surface area (TPSA) is 101 Å². The molecule has 0 radical (unpaired) electrons. The molecule has 1 aromatic carbocycles. The number of imidazole rings is 1. The molecule has 0 fully saturated rings. The molecule has 3 rings (SSSR count). The Morgan fingerprint density at radius 3 is 2.48 bits per heavy atom. The van der Waals surface area contributed by atoms with Crippen molar-refractivity contribution in [3.8, 4) is 11.4 Å². The summed E-state index contributed by atoms with van der Waals surface area (Å²) in [6.07, 6.45) is 2.04. The number of hydrogen-bond donors (Lipinski definition) is 1. The number of H-pyrrole nitrogens is 1. The standard InChI is InChI=1S/C17H18N6O2/c1-4-13-16(23(24)25)15(14-10-18-11(2)19-14)21-17(20-13)22(3)12-8-6-5-7-9-12/h5-10H,4H2,1-3H3,(H,18,19). The van der Waals surface area contributed by atoms with Gasteiger partial charge in [-0.25, -0.2) is 15.0 Å². The first-order valence-electron chi connectivity index (χ1n) is 7.87. The van der Waals surface area contributed by atoms with Crippen molar-refractivity contribution >= 4 is 17.3 Å². The van der Waals surface area contributed by atoms with E-state index in [2.05, 4.69) is 19.9 Å². The number of aromatic nitrogens is 4. The summed E-state index contributed by atoms with van der Waals surface area (Å²) < 4.78 is 0. The maximum Gasteiger partial charge on any atom is 0.318 e. The number of hydrogen-bond acceptors (Lipinski definition) is 6. The summed E-state index contributed by atoms with van der Waals surface area (Å²) in [6.45, 7) is 3.62. The van der Waals surface area contributed by atoms with Crippen LogP contribution in [-0.4, -0.2) is 31.9 Å². The van der Waals surface area contributed by atoms with Gasteiger partial charge >= 0.3 is 5.69 Å². The lowest BCUT2D eigenvalue weighted by molar-refractivity contribution is -0.385. The van der Waals surface area contributed by atoms with Crippen molar-refractivity contribution in [3.63, 3.8) is 0 Å². The van der Waals surface area contributed by atoms with E-state index in [1.807, 2.05) is 44.3 Å². The van der Waals surface area contributed by atoms with Crippen LogP contribution in [0.2, 0.25) is 0 Å². The van der Waals surface area contributed by atoms with Gasteiger partial charge in [0.2, 0.25) is 5.95 Å². The molecule has 0 atom stereocenters. The summed E-state index contributed by atoms with van der Waals surface area (Å²) in [7, 11) is 1.83. The van der Waals surface area contributed by atoms with Crippen molar-refractivity contribution < 1.29 is 4.92 Å². The van der Waals surface area contributed by atoms with Gasteiger partial charge in [-0.3, -0.25) is 10.1 Å². The van der Waals surface area contributed by atoms with Crippen molar-refractivity contribution in [1.82, 2.24) is 19.9 Å². The highest BCUT2D eigenvalue weighted by molar-refractivity contribution is 5.70. The van der Waals surface area contributed by atoms with Gasteiger partial charge in [0.05, 0.1) is 4.92 Å². The fourth-order valence-electron chi connectivity index (χ4n) is 2.56. The highest BCUT2D eigenvalue weighted by Crippen LogP contribution is 2.33. The quantitative estimate of drug-likeness (QED) is 0.565. The van der Waals surface area contributed by atoms with Crippen molar-refractivity contribution in [2.24, 2.45) is 0 Å². The van der Waals surface area contributed by atoms with Gasteiger partial charge in [-0.05, 0) is 25.5 Å². The van der Waals surface area contributed by atoms with Gasteiger partial charge in [0.1, 0.15) is 17.2 Å². The zero-order valence-electron chi connectivity index (χ0n) is 14.2. The predicted octanol–water partition coefficient (Wildman–Crippen LogP) is 3.41. The van der Waals surface area contributed by atoms with Crippen molar-refractivity contribution in [3.05, 3.63) is 58.2 Å². The second-order valence-corrected chi connectivity index (χ2v) is 5.54. The summed E-state index contributed by atoms with van der Waals surface area (Å²) in [5.74, 6) is 1.06. The Kier molecular flexibility index (Phi) is 4.42.